The number of ether oxygens (including phenoxy) is 1. The maximum absolute atomic E-state index is 11.4. The molecule has 0 aliphatic carbocycles. The summed E-state index contributed by atoms with van der Waals surface area (Å²) in [4.78, 5) is 22.1. The molecule has 0 saturated carbocycles. The first-order valence-electron chi connectivity index (χ1n) is 10.1. The van der Waals surface area contributed by atoms with E-state index in [1.807, 2.05) is 84.9 Å². The van der Waals surface area contributed by atoms with E-state index < -0.39 is 5.97 Å². The molecule has 4 rings (SSSR count). The van der Waals surface area contributed by atoms with Gasteiger partial charge < -0.3 is 9.84 Å². The Labute approximate surface area is 186 Å². The van der Waals surface area contributed by atoms with E-state index in [9.17, 15) is 14.7 Å². The van der Waals surface area contributed by atoms with Crippen molar-refractivity contribution in [3.8, 4) is 5.75 Å². The summed E-state index contributed by atoms with van der Waals surface area (Å²) in [5.74, 6) is -0.501. The van der Waals surface area contributed by atoms with Gasteiger partial charge in [0.2, 0.25) is 0 Å². The molecule has 0 aliphatic rings. The lowest BCUT2D eigenvalue weighted by Crippen LogP contribution is -2.00. The third-order valence-corrected chi connectivity index (χ3v) is 5.12. The normalized spacial score (nSPS) is 11.4. The van der Waals surface area contributed by atoms with E-state index in [0.29, 0.717) is 12.2 Å². The molecule has 32 heavy (non-hydrogen) atoms. The van der Waals surface area contributed by atoms with E-state index >= 15 is 0 Å². The summed E-state index contributed by atoms with van der Waals surface area (Å²) >= 11 is 0. The second-order valence-corrected chi connectivity index (χ2v) is 7.10. The molecule has 156 valence electrons. The molecule has 4 aromatic carbocycles. The largest absolute Gasteiger partial charge is 0.478 e. The number of carbonyl (C=O) groups excluding carboxylic acids is 1. The van der Waals surface area contributed by atoms with E-state index in [1.54, 1.807) is 24.3 Å². The Morgan fingerprint density at radius 2 is 0.938 bits per heavy atom. The number of hydrogen-bond acceptors (Lipinski definition) is 3. The Morgan fingerprint density at radius 1 is 0.562 bits per heavy atom. The number of rotatable bonds is 7. The number of hydrogen-bond donors (Lipinski definition) is 1. The first-order chi connectivity index (χ1) is 15.7. The third kappa shape index (κ3) is 4.50. The van der Waals surface area contributed by atoms with Gasteiger partial charge in [-0.2, -0.15) is 0 Å². The van der Waals surface area contributed by atoms with Crippen LogP contribution in [0.25, 0.3) is 11.1 Å². The zero-order valence-electron chi connectivity index (χ0n) is 17.1. The summed E-state index contributed by atoms with van der Waals surface area (Å²) < 4.78 is 4.96. The lowest BCUT2D eigenvalue weighted by molar-refractivity contribution is -0.120. The predicted octanol–water partition coefficient (Wildman–Crippen LogP) is 5.93. The number of benzene rings is 4. The molecule has 4 heteroatoms. The molecule has 4 nitrogen and oxygen atoms in total. The van der Waals surface area contributed by atoms with Crippen LogP contribution in [0.3, 0.4) is 0 Å². The van der Waals surface area contributed by atoms with Crippen LogP contribution < -0.4 is 4.74 Å². The van der Waals surface area contributed by atoms with Crippen LogP contribution in [0.4, 0.5) is 0 Å². The molecule has 0 unspecified atom stereocenters. The summed E-state index contributed by atoms with van der Waals surface area (Å²) in [5.41, 5.74) is 6.04. The van der Waals surface area contributed by atoms with Crippen molar-refractivity contribution in [1.29, 1.82) is 0 Å². The standard InChI is InChI=1S/C28H20O4/c29-19-32-25-17-15-23(16-18-25)27(21-9-5-2-6-10-21)26(20-7-3-1-4-8-20)22-11-13-24(14-12-22)28(30)31/h1-19H,(H,30,31)/b27-26+. The first-order valence-corrected chi connectivity index (χ1v) is 10.1. The van der Waals surface area contributed by atoms with Crippen LogP contribution in [0, 0.1) is 0 Å². The van der Waals surface area contributed by atoms with Gasteiger partial charge >= 0.3 is 5.97 Å². The smallest absolute Gasteiger partial charge is 0.335 e. The van der Waals surface area contributed by atoms with E-state index in [-0.39, 0.29) is 5.56 Å². The zero-order valence-corrected chi connectivity index (χ0v) is 17.1. The fourth-order valence-corrected chi connectivity index (χ4v) is 3.66. The minimum atomic E-state index is -0.962. The van der Waals surface area contributed by atoms with Crippen LogP contribution in [0.1, 0.15) is 32.6 Å². The fraction of sp³-hybridized carbons (Fsp3) is 0. The Hall–Kier alpha value is -4.44. The highest BCUT2D eigenvalue weighted by molar-refractivity contribution is 6.04. The van der Waals surface area contributed by atoms with E-state index in [1.165, 1.54) is 0 Å². The summed E-state index contributed by atoms with van der Waals surface area (Å²) in [6.45, 7) is 0.405. The molecule has 0 saturated heterocycles. The Morgan fingerprint density at radius 3 is 1.34 bits per heavy atom. The molecule has 0 radical (unpaired) electrons. The molecule has 0 aliphatic heterocycles. The van der Waals surface area contributed by atoms with Gasteiger partial charge in [-0.25, -0.2) is 4.79 Å². The summed E-state index contributed by atoms with van der Waals surface area (Å²) in [7, 11) is 0. The van der Waals surface area contributed by atoms with Crippen molar-refractivity contribution in [1.82, 2.24) is 0 Å². The molecule has 0 amide bonds. The van der Waals surface area contributed by atoms with Crippen LogP contribution in [-0.2, 0) is 4.79 Å². The second kappa shape index (κ2) is 9.58. The number of carboxylic acid groups (broad SMARTS) is 1. The zero-order chi connectivity index (χ0) is 22.3. The third-order valence-electron chi connectivity index (χ3n) is 5.12. The van der Waals surface area contributed by atoms with Gasteiger partial charge in [0.05, 0.1) is 5.56 Å². The van der Waals surface area contributed by atoms with Crippen LogP contribution in [0.5, 0.6) is 5.75 Å². The highest BCUT2D eigenvalue weighted by Crippen LogP contribution is 2.37. The van der Waals surface area contributed by atoms with Crippen molar-refractivity contribution in [3.05, 3.63) is 137 Å². The van der Waals surface area contributed by atoms with Crippen molar-refractivity contribution in [2.45, 2.75) is 0 Å². The summed E-state index contributed by atoms with van der Waals surface area (Å²) in [5, 5.41) is 9.32. The van der Waals surface area contributed by atoms with Gasteiger partial charge in [-0.15, -0.1) is 0 Å². The molecule has 0 bridgehead atoms. The maximum Gasteiger partial charge on any atom is 0.335 e. The summed E-state index contributed by atoms with van der Waals surface area (Å²) in [6, 6.07) is 34.2. The molecule has 0 fully saturated rings. The lowest BCUT2D eigenvalue weighted by atomic mass is 9.85. The quantitative estimate of drug-likeness (QED) is 0.297. The van der Waals surface area contributed by atoms with Crippen molar-refractivity contribution < 1.29 is 19.4 Å². The van der Waals surface area contributed by atoms with Crippen molar-refractivity contribution in [3.63, 3.8) is 0 Å². The maximum atomic E-state index is 11.4. The minimum absolute atomic E-state index is 0.234. The van der Waals surface area contributed by atoms with Crippen LogP contribution in [0.15, 0.2) is 109 Å². The van der Waals surface area contributed by atoms with Gasteiger partial charge in [-0.3, -0.25) is 4.79 Å². The van der Waals surface area contributed by atoms with E-state index in [4.69, 9.17) is 4.74 Å². The van der Waals surface area contributed by atoms with Crippen molar-refractivity contribution in [2.24, 2.45) is 0 Å². The van der Waals surface area contributed by atoms with Gasteiger partial charge in [-0.1, -0.05) is 84.9 Å². The minimum Gasteiger partial charge on any atom is -0.478 e. The molecule has 0 atom stereocenters. The average Bonchev–Trinajstić information content (AvgIpc) is 2.84. The van der Waals surface area contributed by atoms with Gasteiger partial charge in [0.1, 0.15) is 5.75 Å². The molecule has 4 aromatic rings. The average molecular weight is 420 g/mol. The Bertz CT molecular complexity index is 1240. The topological polar surface area (TPSA) is 63.6 Å². The highest BCUT2D eigenvalue weighted by Gasteiger charge is 2.16. The van der Waals surface area contributed by atoms with E-state index in [2.05, 4.69) is 0 Å². The molecule has 0 spiro atoms. The fourth-order valence-electron chi connectivity index (χ4n) is 3.66. The number of carboxylic acids is 1. The molecule has 1 N–H and O–H groups in total. The molecule has 0 heterocycles. The Kier molecular flexibility index (Phi) is 6.23. The monoisotopic (exact) mass is 420 g/mol. The van der Waals surface area contributed by atoms with Crippen LogP contribution >= 0.6 is 0 Å². The molecular formula is C28H20O4. The van der Waals surface area contributed by atoms with Crippen LogP contribution in [0.2, 0.25) is 0 Å². The van der Waals surface area contributed by atoms with Gasteiger partial charge in [0.15, 0.2) is 0 Å². The predicted molar refractivity (Wildman–Crippen MR) is 124 cm³/mol. The highest BCUT2D eigenvalue weighted by atomic mass is 16.5. The van der Waals surface area contributed by atoms with Crippen molar-refractivity contribution >= 4 is 23.6 Å². The van der Waals surface area contributed by atoms with Crippen LogP contribution in [-0.4, -0.2) is 17.5 Å². The second-order valence-electron chi connectivity index (χ2n) is 7.10. The molecular weight excluding hydrogens is 400 g/mol. The molecule has 0 aromatic heterocycles. The van der Waals surface area contributed by atoms with Gasteiger partial charge in [-0.05, 0) is 57.7 Å². The number of carbonyl (C=O) groups is 2. The van der Waals surface area contributed by atoms with E-state index in [0.717, 1.165) is 33.4 Å². The van der Waals surface area contributed by atoms with Gasteiger partial charge in [0.25, 0.3) is 6.47 Å². The summed E-state index contributed by atoms with van der Waals surface area (Å²) in [6.07, 6.45) is 0. The Balaban J connectivity index is 2.01. The number of aromatic carboxylic acids is 1. The SMILES string of the molecule is O=COc1ccc(/C(=C(\c2ccccc2)c2ccc(C(=O)O)cc2)c2ccccc2)cc1. The lowest BCUT2D eigenvalue weighted by Gasteiger charge is -2.18. The van der Waals surface area contributed by atoms with Gasteiger partial charge in [0, 0.05) is 0 Å². The van der Waals surface area contributed by atoms with Crippen molar-refractivity contribution in [2.75, 3.05) is 0 Å². The first kappa shape index (κ1) is 20.8.